The van der Waals surface area contributed by atoms with Crippen LogP contribution in [0.25, 0.3) is 0 Å². The summed E-state index contributed by atoms with van der Waals surface area (Å²) in [4.78, 5) is 37.0. The average molecular weight is 910 g/mol. The van der Waals surface area contributed by atoms with Crippen LogP contribution in [0.3, 0.4) is 0 Å². The summed E-state index contributed by atoms with van der Waals surface area (Å²) in [5, 5.41) is 11.7. The minimum absolute atomic E-state index is 0.0121. The summed E-state index contributed by atoms with van der Waals surface area (Å²) < 4.78 is 22.5. The number of ether oxygens (including phenoxy) is 4. The number of nitrogens with zero attached hydrogens (tertiary/aromatic N) is 1. The van der Waals surface area contributed by atoms with Crippen molar-refractivity contribution < 1.29 is 42.9 Å². The molecule has 2 atom stereocenters. The number of carboxylic acids is 1. The summed E-state index contributed by atoms with van der Waals surface area (Å²) in [6, 6.07) is 0. The van der Waals surface area contributed by atoms with Gasteiger partial charge in [0.25, 0.3) is 0 Å². The SMILES string of the molecule is CC/C=C\C/C=C\C/C=C\C/C=C\C/C=C\CC(=O)OC(COC(=O)CCCCCCCCCCCCCCC/C=C\C/C=C\CCCCCCC)COC(OCC[N+](C)(C)C)C(=O)[O-]. The van der Waals surface area contributed by atoms with Gasteiger partial charge in [0, 0.05) is 6.42 Å². The molecule has 0 saturated heterocycles. The summed E-state index contributed by atoms with van der Waals surface area (Å²) in [6.07, 6.45) is 58.0. The van der Waals surface area contributed by atoms with Crippen molar-refractivity contribution in [3.05, 3.63) is 85.1 Å². The number of unbranched alkanes of at least 4 members (excludes halogenated alkanes) is 18. The maximum atomic E-state index is 12.7. The molecule has 65 heavy (non-hydrogen) atoms. The lowest BCUT2D eigenvalue weighted by Gasteiger charge is -2.26. The molecule has 2 unspecified atom stereocenters. The van der Waals surface area contributed by atoms with E-state index in [1.165, 1.54) is 109 Å². The number of rotatable bonds is 46. The minimum Gasteiger partial charge on any atom is -0.545 e. The van der Waals surface area contributed by atoms with E-state index in [0.29, 0.717) is 17.4 Å². The normalized spacial score (nSPS) is 13.6. The number of carbonyl (C=O) groups is 3. The molecule has 0 N–H and O–H groups in total. The Morgan fingerprint density at radius 3 is 1.38 bits per heavy atom. The molecule has 0 aromatic heterocycles. The number of quaternary nitrogens is 1. The van der Waals surface area contributed by atoms with E-state index in [0.717, 1.165) is 51.4 Å². The molecule has 0 aromatic rings. The van der Waals surface area contributed by atoms with Gasteiger partial charge in [-0.05, 0) is 70.6 Å². The van der Waals surface area contributed by atoms with Gasteiger partial charge in [-0.25, -0.2) is 0 Å². The fraction of sp³-hybridized carbons (Fsp3) is 0.696. The van der Waals surface area contributed by atoms with Gasteiger partial charge < -0.3 is 33.3 Å². The lowest BCUT2D eigenvalue weighted by atomic mass is 10.0. The van der Waals surface area contributed by atoms with Gasteiger partial charge in [-0.1, -0.05) is 195 Å². The maximum Gasteiger partial charge on any atom is 0.310 e. The Bertz CT molecular complexity index is 1340. The molecule has 0 bridgehead atoms. The Balaban J connectivity index is 4.35. The van der Waals surface area contributed by atoms with Crippen LogP contribution in [0, 0.1) is 0 Å². The molecule has 0 heterocycles. The molecule has 0 aliphatic rings. The van der Waals surface area contributed by atoms with Gasteiger partial charge in [-0.15, -0.1) is 0 Å². The molecule has 9 heteroatoms. The predicted molar refractivity (Wildman–Crippen MR) is 269 cm³/mol. The predicted octanol–water partition coefficient (Wildman–Crippen LogP) is 13.1. The highest BCUT2D eigenvalue weighted by Gasteiger charge is 2.21. The number of likely N-dealkylation sites (N-methyl/N-ethyl adjacent to an activating group) is 1. The summed E-state index contributed by atoms with van der Waals surface area (Å²) in [5.74, 6) is -2.46. The quantitative estimate of drug-likeness (QED) is 0.0195. The van der Waals surface area contributed by atoms with Crippen LogP contribution in [0.4, 0.5) is 0 Å². The van der Waals surface area contributed by atoms with Crippen LogP contribution in [0.1, 0.15) is 194 Å². The fourth-order valence-corrected chi connectivity index (χ4v) is 6.70. The molecular weight excluding hydrogens is 815 g/mol. The van der Waals surface area contributed by atoms with Crippen LogP contribution in [-0.4, -0.2) is 82.3 Å². The molecular formula is C56H95NO8. The molecule has 0 rings (SSSR count). The second-order valence-electron chi connectivity index (χ2n) is 18.1. The van der Waals surface area contributed by atoms with Gasteiger partial charge in [0.15, 0.2) is 12.4 Å². The van der Waals surface area contributed by atoms with Crippen LogP contribution in [-0.2, 0) is 33.3 Å². The molecule has 9 nitrogen and oxygen atoms in total. The fourth-order valence-electron chi connectivity index (χ4n) is 6.70. The first-order valence-electron chi connectivity index (χ1n) is 25.7. The third-order valence-corrected chi connectivity index (χ3v) is 10.7. The summed E-state index contributed by atoms with van der Waals surface area (Å²) in [5.41, 5.74) is 0. The number of allylic oxidation sites excluding steroid dienone is 13. The first kappa shape index (κ1) is 61.5. The van der Waals surface area contributed by atoms with Gasteiger partial charge >= 0.3 is 11.9 Å². The van der Waals surface area contributed by atoms with E-state index in [1.807, 2.05) is 33.3 Å². The Hall–Kier alpha value is -3.53. The first-order valence-corrected chi connectivity index (χ1v) is 25.7. The Morgan fingerprint density at radius 2 is 0.923 bits per heavy atom. The highest BCUT2D eigenvalue weighted by atomic mass is 16.7. The number of esters is 2. The third kappa shape index (κ3) is 48.2. The van der Waals surface area contributed by atoms with Gasteiger partial charge in [-0.2, -0.15) is 0 Å². The molecule has 0 aliphatic heterocycles. The van der Waals surface area contributed by atoms with E-state index >= 15 is 0 Å². The summed E-state index contributed by atoms with van der Waals surface area (Å²) in [7, 11) is 5.88. The van der Waals surface area contributed by atoms with Crippen molar-refractivity contribution in [3.63, 3.8) is 0 Å². The second kappa shape index (κ2) is 47.0. The monoisotopic (exact) mass is 910 g/mol. The molecule has 0 amide bonds. The molecule has 0 aromatic carbocycles. The maximum absolute atomic E-state index is 12.7. The number of hydrogen-bond acceptors (Lipinski definition) is 8. The van der Waals surface area contributed by atoms with Crippen molar-refractivity contribution in [1.29, 1.82) is 0 Å². The van der Waals surface area contributed by atoms with Gasteiger partial charge in [0.05, 0.1) is 46.7 Å². The summed E-state index contributed by atoms with van der Waals surface area (Å²) >= 11 is 0. The molecule has 0 radical (unpaired) electrons. The average Bonchev–Trinajstić information content (AvgIpc) is 3.27. The second-order valence-corrected chi connectivity index (χ2v) is 18.1. The van der Waals surface area contributed by atoms with Crippen LogP contribution < -0.4 is 5.11 Å². The van der Waals surface area contributed by atoms with Gasteiger partial charge in [-0.3, -0.25) is 9.59 Å². The Labute approximate surface area is 398 Å². The highest BCUT2D eigenvalue weighted by Crippen LogP contribution is 2.14. The van der Waals surface area contributed by atoms with Crippen LogP contribution >= 0.6 is 0 Å². The van der Waals surface area contributed by atoms with Crippen molar-refractivity contribution in [2.45, 2.75) is 206 Å². The molecule has 372 valence electrons. The van der Waals surface area contributed by atoms with E-state index < -0.39 is 24.3 Å². The van der Waals surface area contributed by atoms with Crippen LogP contribution in [0.15, 0.2) is 85.1 Å². The number of aliphatic carboxylic acids is 1. The van der Waals surface area contributed by atoms with Crippen molar-refractivity contribution >= 4 is 17.9 Å². The van der Waals surface area contributed by atoms with Crippen molar-refractivity contribution in [1.82, 2.24) is 0 Å². The Kier molecular flexibility index (Phi) is 44.4. The zero-order valence-electron chi connectivity index (χ0n) is 42.1. The van der Waals surface area contributed by atoms with E-state index in [2.05, 4.69) is 80.7 Å². The van der Waals surface area contributed by atoms with Crippen LogP contribution in [0.5, 0.6) is 0 Å². The van der Waals surface area contributed by atoms with E-state index in [-0.39, 0.29) is 38.6 Å². The lowest BCUT2D eigenvalue weighted by molar-refractivity contribution is -0.870. The number of carbonyl (C=O) groups excluding carboxylic acids is 3. The molecule has 0 spiro atoms. The molecule has 0 fully saturated rings. The minimum atomic E-state index is -1.65. The number of hydrogen-bond donors (Lipinski definition) is 0. The zero-order chi connectivity index (χ0) is 47.7. The van der Waals surface area contributed by atoms with Gasteiger partial charge in [0.2, 0.25) is 0 Å². The standard InChI is InChI=1S/C56H95NO8/c1-6-8-10-12-14-16-18-20-22-23-24-25-26-27-28-29-30-31-33-34-36-38-40-42-44-46-53(58)63-50-52(51-64-56(55(60)61)62-49-48-57(3,4)5)65-54(59)47-45-43-41-39-37-35-32-21-19-17-15-13-11-9-7-2/h9,11,15,17-18,20-21,23-24,32,37,39,43,45,52,56H,6-8,10,12-14,16,19,22,25-31,33-36,38,40-42,44,46-51H2,1-5H3/b11-9-,17-15-,20-18-,24-23-,32-21-,39-37-,45-43-. The van der Waals surface area contributed by atoms with E-state index in [4.69, 9.17) is 18.9 Å². The van der Waals surface area contributed by atoms with E-state index in [9.17, 15) is 19.5 Å². The van der Waals surface area contributed by atoms with Crippen molar-refractivity contribution in [2.75, 3.05) is 47.5 Å². The third-order valence-electron chi connectivity index (χ3n) is 10.7. The van der Waals surface area contributed by atoms with Crippen molar-refractivity contribution in [3.8, 4) is 0 Å². The highest BCUT2D eigenvalue weighted by molar-refractivity contribution is 5.71. The van der Waals surface area contributed by atoms with Crippen molar-refractivity contribution in [2.24, 2.45) is 0 Å². The number of carboxylic acid groups (broad SMARTS) is 1. The summed E-state index contributed by atoms with van der Waals surface area (Å²) in [6.45, 7) is 4.49. The topological polar surface area (TPSA) is 111 Å². The zero-order valence-corrected chi connectivity index (χ0v) is 42.1. The van der Waals surface area contributed by atoms with E-state index in [1.54, 1.807) is 6.08 Å². The first-order chi connectivity index (χ1) is 31.6. The van der Waals surface area contributed by atoms with Crippen LogP contribution in [0.2, 0.25) is 0 Å². The largest absolute Gasteiger partial charge is 0.545 e. The molecule has 0 saturated carbocycles. The Morgan fingerprint density at radius 1 is 0.492 bits per heavy atom. The lowest BCUT2D eigenvalue weighted by Crippen LogP contribution is -2.44. The smallest absolute Gasteiger partial charge is 0.310 e. The van der Waals surface area contributed by atoms with Gasteiger partial charge in [0.1, 0.15) is 13.2 Å². The molecule has 0 aliphatic carbocycles.